The summed E-state index contributed by atoms with van der Waals surface area (Å²) in [4.78, 5) is 0. The van der Waals surface area contributed by atoms with E-state index in [1.165, 1.54) is 12.1 Å². The average molecular weight is 182 g/mol. The first kappa shape index (κ1) is 10.2. The Labute approximate surface area is 77.2 Å². The Balaban J connectivity index is 3.11. The fraction of sp³-hybridized carbons (Fsp3) is 0.333. The van der Waals surface area contributed by atoms with Gasteiger partial charge in [0.25, 0.3) is 0 Å². The molecule has 1 rings (SSSR count). The van der Waals surface area contributed by atoms with Gasteiger partial charge in [0.05, 0.1) is 0 Å². The molecule has 0 aromatic heterocycles. The van der Waals surface area contributed by atoms with Gasteiger partial charge in [0.2, 0.25) is 0 Å². The molecule has 13 heavy (non-hydrogen) atoms. The monoisotopic (exact) mass is 182 g/mol. The molecule has 1 aromatic rings. The van der Waals surface area contributed by atoms with Crippen LogP contribution >= 0.6 is 0 Å². The predicted molar refractivity (Wildman–Crippen MR) is 50.3 cm³/mol. The quantitative estimate of drug-likeness (QED) is 0.658. The Morgan fingerprint density at radius 1 is 1.31 bits per heavy atom. The van der Waals surface area contributed by atoms with E-state index in [0.29, 0.717) is 0 Å². The van der Waals surface area contributed by atoms with Gasteiger partial charge in [-0.05, 0) is 17.5 Å². The first-order valence-corrected chi connectivity index (χ1v) is 4.18. The van der Waals surface area contributed by atoms with Crippen LogP contribution in [0.15, 0.2) is 18.2 Å². The van der Waals surface area contributed by atoms with Crippen LogP contribution in [0, 0.1) is 5.82 Å². The molecule has 0 unspecified atom stereocenters. The minimum atomic E-state index is -1.74. The third-order valence-electron chi connectivity index (χ3n) is 1.96. The molecule has 0 atom stereocenters. The second-order valence-corrected chi connectivity index (χ2v) is 3.31. The van der Waals surface area contributed by atoms with Crippen molar-refractivity contribution in [2.45, 2.75) is 19.8 Å². The molecule has 0 fully saturated rings. The molecule has 0 radical (unpaired) electrons. The van der Waals surface area contributed by atoms with Crippen LogP contribution in [0.3, 0.4) is 0 Å². The smallest absolute Gasteiger partial charge is 0.423 e. The lowest BCUT2D eigenvalue weighted by Gasteiger charge is -2.08. The fourth-order valence-corrected chi connectivity index (χ4v) is 1.12. The largest absolute Gasteiger partial charge is 0.491 e. The maximum atomic E-state index is 13.0. The molecule has 2 N–H and O–H groups in total. The molecule has 2 nitrogen and oxygen atoms in total. The van der Waals surface area contributed by atoms with Crippen LogP contribution in [0.5, 0.6) is 0 Å². The number of hydrogen-bond donors (Lipinski definition) is 2. The van der Waals surface area contributed by atoms with Crippen LogP contribution in [0.2, 0.25) is 0 Å². The molecule has 0 saturated heterocycles. The molecule has 70 valence electrons. The molecule has 0 aliphatic heterocycles. The molecular weight excluding hydrogens is 170 g/mol. The number of halogens is 1. The molecule has 0 heterocycles. The highest BCUT2D eigenvalue weighted by Crippen LogP contribution is 2.13. The van der Waals surface area contributed by atoms with Crippen molar-refractivity contribution in [1.82, 2.24) is 0 Å². The maximum Gasteiger partial charge on any atom is 0.491 e. The van der Waals surface area contributed by atoms with Gasteiger partial charge in [-0.3, -0.25) is 0 Å². The summed E-state index contributed by atoms with van der Waals surface area (Å²) in [7, 11) is -1.74. The summed E-state index contributed by atoms with van der Waals surface area (Å²) in [6.45, 7) is 3.92. The Bertz CT molecular complexity index is 300. The number of benzene rings is 1. The van der Waals surface area contributed by atoms with Gasteiger partial charge >= 0.3 is 7.12 Å². The number of hydrogen-bond acceptors (Lipinski definition) is 2. The molecule has 0 bridgehead atoms. The second kappa shape index (κ2) is 3.90. The van der Waals surface area contributed by atoms with E-state index in [9.17, 15) is 4.39 Å². The highest BCUT2D eigenvalue weighted by molar-refractivity contribution is 6.58. The van der Waals surface area contributed by atoms with Gasteiger partial charge in [0, 0.05) is 5.46 Å². The van der Waals surface area contributed by atoms with Gasteiger partial charge in [-0.15, -0.1) is 0 Å². The van der Waals surface area contributed by atoms with E-state index >= 15 is 0 Å². The van der Waals surface area contributed by atoms with Crippen LogP contribution in [0.4, 0.5) is 4.39 Å². The molecule has 0 spiro atoms. The van der Waals surface area contributed by atoms with Crippen molar-refractivity contribution in [2.75, 3.05) is 0 Å². The van der Waals surface area contributed by atoms with Gasteiger partial charge in [-0.1, -0.05) is 26.0 Å². The summed E-state index contributed by atoms with van der Waals surface area (Å²) < 4.78 is 13.0. The Morgan fingerprint density at radius 2 is 1.92 bits per heavy atom. The Morgan fingerprint density at radius 3 is 2.38 bits per heavy atom. The van der Waals surface area contributed by atoms with Gasteiger partial charge in [0.15, 0.2) is 0 Å². The van der Waals surface area contributed by atoms with Gasteiger partial charge < -0.3 is 10.0 Å². The minimum Gasteiger partial charge on any atom is -0.423 e. The Kier molecular flexibility index (Phi) is 3.06. The second-order valence-electron chi connectivity index (χ2n) is 3.31. The van der Waals surface area contributed by atoms with Crippen molar-refractivity contribution in [2.24, 2.45) is 0 Å². The van der Waals surface area contributed by atoms with E-state index in [1.54, 1.807) is 6.07 Å². The van der Waals surface area contributed by atoms with Crippen molar-refractivity contribution in [1.29, 1.82) is 0 Å². The summed E-state index contributed by atoms with van der Waals surface area (Å²) in [5.74, 6) is -0.336. The van der Waals surface area contributed by atoms with E-state index in [0.717, 1.165) is 5.56 Å². The normalized spacial score (nSPS) is 10.6. The zero-order valence-corrected chi connectivity index (χ0v) is 7.66. The molecule has 0 amide bonds. The van der Waals surface area contributed by atoms with Gasteiger partial charge in [-0.25, -0.2) is 4.39 Å². The van der Waals surface area contributed by atoms with Crippen LogP contribution in [-0.4, -0.2) is 17.2 Å². The van der Waals surface area contributed by atoms with Crippen molar-refractivity contribution < 1.29 is 14.4 Å². The highest BCUT2D eigenvalue weighted by Gasteiger charge is 2.17. The van der Waals surface area contributed by atoms with Crippen molar-refractivity contribution in [3.05, 3.63) is 29.6 Å². The maximum absolute atomic E-state index is 13.0. The van der Waals surface area contributed by atoms with Crippen molar-refractivity contribution >= 4 is 12.6 Å². The molecule has 4 heteroatoms. The van der Waals surface area contributed by atoms with E-state index in [2.05, 4.69) is 0 Å². The van der Waals surface area contributed by atoms with E-state index in [-0.39, 0.29) is 11.4 Å². The Hall–Kier alpha value is -0.865. The zero-order chi connectivity index (χ0) is 10.0. The van der Waals surface area contributed by atoms with Gasteiger partial charge in [-0.2, -0.15) is 0 Å². The molecule has 0 aliphatic carbocycles. The highest BCUT2D eigenvalue weighted by atomic mass is 19.1. The van der Waals surface area contributed by atoms with Gasteiger partial charge in [0.1, 0.15) is 5.82 Å². The van der Waals surface area contributed by atoms with Crippen molar-refractivity contribution in [3.63, 3.8) is 0 Å². The summed E-state index contributed by atoms with van der Waals surface area (Å²) in [6, 6.07) is 4.38. The summed E-state index contributed by atoms with van der Waals surface area (Å²) in [6.07, 6.45) is 0. The molecule has 0 saturated carbocycles. The fourth-order valence-electron chi connectivity index (χ4n) is 1.12. The van der Waals surface area contributed by atoms with Crippen LogP contribution in [0.1, 0.15) is 25.3 Å². The van der Waals surface area contributed by atoms with E-state index in [1.807, 2.05) is 13.8 Å². The first-order chi connectivity index (χ1) is 6.02. The zero-order valence-electron chi connectivity index (χ0n) is 7.66. The topological polar surface area (TPSA) is 40.5 Å². The van der Waals surface area contributed by atoms with E-state index in [4.69, 9.17) is 10.0 Å². The molecule has 1 aromatic carbocycles. The first-order valence-electron chi connectivity index (χ1n) is 4.18. The predicted octanol–water partition coefficient (Wildman–Crippen LogP) is 0.629. The van der Waals surface area contributed by atoms with E-state index < -0.39 is 12.9 Å². The third kappa shape index (κ3) is 2.29. The lowest BCUT2D eigenvalue weighted by atomic mass is 9.78. The molecule has 0 aliphatic rings. The lowest BCUT2D eigenvalue weighted by molar-refractivity contribution is 0.423. The van der Waals surface area contributed by atoms with Crippen molar-refractivity contribution in [3.8, 4) is 0 Å². The number of rotatable bonds is 2. The average Bonchev–Trinajstić information content (AvgIpc) is 2.04. The van der Waals surface area contributed by atoms with Crippen LogP contribution in [-0.2, 0) is 0 Å². The summed E-state index contributed by atoms with van der Waals surface area (Å²) in [5.41, 5.74) is 0.829. The van der Waals surface area contributed by atoms with Crippen LogP contribution in [0.25, 0.3) is 0 Å². The summed E-state index contributed by atoms with van der Waals surface area (Å²) >= 11 is 0. The molecular formula is C9H12BFO2. The summed E-state index contributed by atoms with van der Waals surface area (Å²) in [5, 5.41) is 17.7. The minimum absolute atomic E-state index is 0.0637. The lowest BCUT2D eigenvalue weighted by Crippen LogP contribution is -2.33. The SMILES string of the molecule is CC(C)c1ccc(F)c(B(O)O)c1. The third-order valence-corrected chi connectivity index (χ3v) is 1.96. The van der Waals surface area contributed by atoms with Crippen LogP contribution < -0.4 is 5.46 Å². The standard InChI is InChI=1S/C9H12BFO2/c1-6(2)7-3-4-9(11)8(5-7)10(12)13/h3-6,12-13H,1-2H3.